The lowest BCUT2D eigenvalue weighted by Gasteiger charge is -2.11. The quantitative estimate of drug-likeness (QED) is 0.805. The van der Waals surface area contributed by atoms with Gasteiger partial charge in [-0.15, -0.1) is 0 Å². The third-order valence-corrected chi connectivity index (χ3v) is 3.59. The summed E-state index contributed by atoms with van der Waals surface area (Å²) in [6.45, 7) is 0. The molecule has 0 aliphatic carbocycles. The molecule has 0 aromatic heterocycles. The Morgan fingerprint density at radius 2 is 1.95 bits per heavy atom. The topological polar surface area (TPSA) is 33.0 Å². The Balaban J connectivity index is 2.09. The number of ether oxygens (including phenoxy) is 1. The van der Waals surface area contributed by atoms with E-state index >= 15 is 0 Å². The zero-order valence-corrected chi connectivity index (χ0v) is 12.1. The SMILES string of the molecule is COc1ccc(C(C#N)CCc2ccccc2)cc1Cl. The Morgan fingerprint density at radius 1 is 1.20 bits per heavy atom. The fourth-order valence-electron chi connectivity index (χ4n) is 2.16. The first-order valence-corrected chi connectivity index (χ1v) is 6.89. The van der Waals surface area contributed by atoms with Crippen molar-refractivity contribution in [1.29, 1.82) is 5.26 Å². The van der Waals surface area contributed by atoms with Gasteiger partial charge in [0.05, 0.1) is 24.1 Å². The monoisotopic (exact) mass is 285 g/mol. The summed E-state index contributed by atoms with van der Waals surface area (Å²) in [4.78, 5) is 0. The van der Waals surface area contributed by atoms with Crippen molar-refractivity contribution in [3.05, 3.63) is 64.7 Å². The third kappa shape index (κ3) is 3.53. The Bertz CT molecular complexity index is 604. The van der Waals surface area contributed by atoms with Crippen molar-refractivity contribution in [3.63, 3.8) is 0 Å². The van der Waals surface area contributed by atoms with Gasteiger partial charge in [0.25, 0.3) is 0 Å². The minimum Gasteiger partial charge on any atom is -0.495 e. The molecule has 3 heteroatoms. The fraction of sp³-hybridized carbons (Fsp3) is 0.235. The highest BCUT2D eigenvalue weighted by atomic mass is 35.5. The summed E-state index contributed by atoms with van der Waals surface area (Å²) in [5.74, 6) is 0.480. The van der Waals surface area contributed by atoms with Crippen LogP contribution in [0.25, 0.3) is 0 Å². The summed E-state index contributed by atoms with van der Waals surface area (Å²) in [6.07, 6.45) is 1.66. The van der Waals surface area contributed by atoms with Crippen LogP contribution in [0.3, 0.4) is 0 Å². The number of aryl methyl sites for hydroxylation is 1. The van der Waals surface area contributed by atoms with Crippen LogP contribution in [0.2, 0.25) is 5.02 Å². The van der Waals surface area contributed by atoms with Gasteiger partial charge in [0.2, 0.25) is 0 Å². The number of rotatable bonds is 5. The summed E-state index contributed by atoms with van der Waals surface area (Å²) in [5, 5.41) is 9.90. The minimum absolute atomic E-state index is 0.154. The van der Waals surface area contributed by atoms with E-state index in [1.165, 1.54) is 5.56 Å². The molecular weight excluding hydrogens is 270 g/mol. The van der Waals surface area contributed by atoms with Crippen molar-refractivity contribution in [2.24, 2.45) is 0 Å². The van der Waals surface area contributed by atoms with E-state index < -0.39 is 0 Å². The van der Waals surface area contributed by atoms with Crippen LogP contribution in [0.15, 0.2) is 48.5 Å². The van der Waals surface area contributed by atoms with Crippen LogP contribution in [0.1, 0.15) is 23.5 Å². The third-order valence-electron chi connectivity index (χ3n) is 3.30. The number of halogens is 1. The molecule has 1 atom stereocenters. The van der Waals surface area contributed by atoms with Crippen molar-refractivity contribution in [2.75, 3.05) is 7.11 Å². The highest BCUT2D eigenvalue weighted by Gasteiger charge is 2.13. The lowest BCUT2D eigenvalue weighted by atomic mass is 9.93. The minimum atomic E-state index is -0.154. The molecule has 0 aliphatic heterocycles. The molecule has 2 rings (SSSR count). The molecule has 2 aromatic carbocycles. The van der Waals surface area contributed by atoms with E-state index in [0.717, 1.165) is 18.4 Å². The van der Waals surface area contributed by atoms with Crippen molar-refractivity contribution in [3.8, 4) is 11.8 Å². The second kappa shape index (κ2) is 6.98. The zero-order valence-electron chi connectivity index (χ0n) is 11.3. The molecule has 0 spiro atoms. The first-order valence-electron chi connectivity index (χ1n) is 6.51. The molecule has 102 valence electrons. The highest BCUT2D eigenvalue weighted by molar-refractivity contribution is 6.32. The molecule has 2 nitrogen and oxygen atoms in total. The second-order valence-electron chi connectivity index (χ2n) is 4.60. The number of nitriles is 1. The molecule has 1 unspecified atom stereocenters. The van der Waals surface area contributed by atoms with Crippen molar-refractivity contribution >= 4 is 11.6 Å². The van der Waals surface area contributed by atoms with Gasteiger partial charge in [-0.2, -0.15) is 5.26 Å². The second-order valence-corrected chi connectivity index (χ2v) is 5.01. The summed E-state index contributed by atoms with van der Waals surface area (Å²) in [7, 11) is 1.58. The van der Waals surface area contributed by atoms with Gasteiger partial charge in [0.15, 0.2) is 0 Å². The lowest BCUT2D eigenvalue weighted by Crippen LogP contribution is -1.99. The number of nitrogens with zero attached hydrogens (tertiary/aromatic N) is 1. The van der Waals surface area contributed by atoms with Crippen LogP contribution in [0, 0.1) is 11.3 Å². The number of hydrogen-bond donors (Lipinski definition) is 0. The normalized spacial score (nSPS) is 11.7. The summed E-state index contributed by atoms with van der Waals surface area (Å²) >= 11 is 6.11. The van der Waals surface area contributed by atoms with E-state index in [2.05, 4.69) is 18.2 Å². The van der Waals surface area contributed by atoms with E-state index in [1.54, 1.807) is 7.11 Å². The Morgan fingerprint density at radius 3 is 2.55 bits per heavy atom. The van der Waals surface area contributed by atoms with Crippen LogP contribution in [0.5, 0.6) is 5.75 Å². The average Bonchev–Trinajstić information content (AvgIpc) is 2.49. The van der Waals surface area contributed by atoms with Gasteiger partial charge < -0.3 is 4.74 Å². The van der Waals surface area contributed by atoms with Gasteiger partial charge in [0.1, 0.15) is 5.75 Å². The molecular formula is C17H16ClNO. The molecule has 0 fully saturated rings. The van der Waals surface area contributed by atoms with Gasteiger partial charge >= 0.3 is 0 Å². The first kappa shape index (κ1) is 14.4. The van der Waals surface area contributed by atoms with E-state index in [1.807, 2.05) is 36.4 Å². The van der Waals surface area contributed by atoms with E-state index in [4.69, 9.17) is 16.3 Å². The maximum Gasteiger partial charge on any atom is 0.137 e. The van der Waals surface area contributed by atoms with Gasteiger partial charge in [-0.3, -0.25) is 0 Å². The van der Waals surface area contributed by atoms with E-state index in [9.17, 15) is 5.26 Å². The average molecular weight is 286 g/mol. The summed E-state index contributed by atoms with van der Waals surface area (Å²) in [6, 6.07) is 18.1. The lowest BCUT2D eigenvalue weighted by molar-refractivity contribution is 0.415. The molecule has 0 bridgehead atoms. The van der Waals surface area contributed by atoms with Gasteiger partial charge in [-0.05, 0) is 36.1 Å². The maximum absolute atomic E-state index is 9.35. The standard InChI is InChI=1S/C17H16ClNO/c1-20-17-10-9-14(11-16(17)18)15(12-19)8-7-13-5-3-2-4-6-13/h2-6,9-11,15H,7-8H2,1H3. The summed E-state index contributed by atoms with van der Waals surface area (Å²) < 4.78 is 5.13. The molecule has 20 heavy (non-hydrogen) atoms. The smallest absolute Gasteiger partial charge is 0.137 e. The first-order chi connectivity index (χ1) is 9.74. The molecule has 0 heterocycles. The molecule has 0 N–H and O–H groups in total. The Hall–Kier alpha value is -1.98. The van der Waals surface area contributed by atoms with Crippen LogP contribution in [-0.4, -0.2) is 7.11 Å². The maximum atomic E-state index is 9.35. The fourth-order valence-corrected chi connectivity index (χ4v) is 2.43. The predicted octanol–water partition coefficient (Wildman–Crippen LogP) is 4.59. The van der Waals surface area contributed by atoms with Crippen LogP contribution < -0.4 is 4.74 Å². The summed E-state index contributed by atoms with van der Waals surface area (Å²) in [5.41, 5.74) is 2.18. The number of benzene rings is 2. The van der Waals surface area contributed by atoms with Crippen molar-refractivity contribution in [2.45, 2.75) is 18.8 Å². The van der Waals surface area contributed by atoms with E-state index in [-0.39, 0.29) is 5.92 Å². The zero-order chi connectivity index (χ0) is 14.4. The van der Waals surface area contributed by atoms with Gasteiger partial charge in [-0.25, -0.2) is 0 Å². The number of methoxy groups -OCH3 is 1. The highest BCUT2D eigenvalue weighted by Crippen LogP contribution is 2.30. The molecule has 0 radical (unpaired) electrons. The molecule has 2 aromatic rings. The molecule has 0 aliphatic rings. The van der Waals surface area contributed by atoms with Gasteiger partial charge in [0, 0.05) is 0 Å². The Kier molecular flexibility index (Phi) is 5.03. The number of hydrogen-bond acceptors (Lipinski definition) is 2. The molecule has 0 saturated heterocycles. The van der Waals surface area contributed by atoms with Crippen molar-refractivity contribution < 1.29 is 4.74 Å². The van der Waals surface area contributed by atoms with Crippen LogP contribution in [-0.2, 0) is 6.42 Å². The van der Waals surface area contributed by atoms with E-state index in [0.29, 0.717) is 10.8 Å². The molecule has 0 amide bonds. The van der Waals surface area contributed by atoms with Crippen LogP contribution in [0.4, 0.5) is 0 Å². The largest absolute Gasteiger partial charge is 0.495 e. The van der Waals surface area contributed by atoms with Crippen molar-refractivity contribution in [1.82, 2.24) is 0 Å². The van der Waals surface area contributed by atoms with Crippen LogP contribution >= 0.6 is 11.6 Å². The predicted molar refractivity (Wildman–Crippen MR) is 81.1 cm³/mol. The molecule has 0 saturated carbocycles. The Labute approximate surface area is 124 Å². The van der Waals surface area contributed by atoms with Gasteiger partial charge in [-0.1, -0.05) is 48.0 Å².